The van der Waals surface area contributed by atoms with E-state index < -0.39 is 15.8 Å². The average molecular weight is 507 g/mol. The first-order valence-electron chi connectivity index (χ1n) is 10.3. The quantitative estimate of drug-likeness (QED) is 0.402. The fourth-order valence-electron chi connectivity index (χ4n) is 3.97. The second-order valence-electron chi connectivity index (χ2n) is 7.83. The highest BCUT2D eigenvalue weighted by atomic mass is 35.5. The summed E-state index contributed by atoms with van der Waals surface area (Å²) in [5.74, 6) is -0.140. The van der Waals surface area contributed by atoms with Crippen molar-refractivity contribution in [3.05, 3.63) is 53.0 Å². The molecule has 4 aromatic rings. The normalized spacial score (nSPS) is 17.5. The third-order valence-electron chi connectivity index (χ3n) is 5.61. The smallest absolute Gasteiger partial charge is 0.252 e. The number of hydrogen-bond donors (Lipinski definition) is 2. The number of fused-ring (bicyclic) bond motifs is 1. The van der Waals surface area contributed by atoms with Crippen LogP contribution in [-0.4, -0.2) is 52.3 Å². The molecule has 0 amide bonds. The number of piperidine rings is 1. The lowest BCUT2D eigenvalue weighted by molar-refractivity contribution is 0.275. The number of hydrogen-bond acceptors (Lipinski definition) is 7. The van der Waals surface area contributed by atoms with Crippen LogP contribution in [0.4, 0.5) is 10.2 Å². The van der Waals surface area contributed by atoms with Crippen LogP contribution in [0.25, 0.3) is 22.4 Å². The first kappa shape index (κ1) is 22.2. The van der Waals surface area contributed by atoms with Gasteiger partial charge in [-0.3, -0.25) is 0 Å². The maximum Gasteiger partial charge on any atom is 0.252 e. The zero-order chi connectivity index (χ0) is 23.0. The number of rotatable bonds is 6. The van der Waals surface area contributed by atoms with Crippen LogP contribution >= 0.6 is 22.9 Å². The van der Waals surface area contributed by atoms with Crippen LogP contribution in [-0.2, 0) is 10.0 Å². The van der Waals surface area contributed by atoms with Crippen molar-refractivity contribution in [2.24, 2.45) is 5.92 Å². The van der Waals surface area contributed by atoms with Gasteiger partial charge in [0.2, 0.25) is 0 Å². The zero-order valence-electron chi connectivity index (χ0n) is 17.3. The van der Waals surface area contributed by atoms with E-state index in [1.165, 1.54) is 21.8 Å². The van der Waals surface area contributed by atoms with E-state index in [-0.39, 0.29) is 11.7 Å². The Labute approximate surface area is 198 Å². The minimum atomic E-state index is -3.50. The molecule has 0 radical (unpaired) electrons. The summed E-state index contributed by atoms with van der Waals surface area (Å²) in [4.78, 5) is 15.8. The number of anilines is 1. The monoisotopic (exact) mass is 506 g/mol. The number of nitrogens with one attached hydrogen (secondary N) is 2. The Bertz CT molecular complexity index is 1390. The molecule has 0 spiro atoms. The summed E-state index contributed by atoms with van der Waals surface area (Å²) in [6.07, 6.45) is 5.96. The molecule has 1 aliphatic rings. The van der Waals surface area contributed by atoms with Gasteiger partial charge in [-0.1, -0.05) is 17.7 Å². The molecule has 1 saturated heterocycles. The Morgan fingerprint density at radius 3 is 3.03 bits per heavy atom. The molecule has 1 unspecified atom stereocenters. The minimum Gasteiger partial charge on any atom is -0.367 e. The van der Waals surface area contributed by atoms with Crippen LogP contribution in [0.3, 0.4) is 0 Å². The fraction of sp³-hybridized carbons (Fsp3) is 0.286. The van der Waals surface area contributed by atoms with E-state index in [0.29, 0.717) is 45.9 Å². The highest BCUT2D eigenvalue weighted by Crippen LogP contribution is 2.29. The molecule has 5 heterocycles. The Hall–Kier alpha value is -2.60. The molecule has 0 aliphatic carbocycles. The van der Waals surface area contributed by atoms with Crippen LogP contribution in [0.15, 0.2) is 46.4 Å². The van der Waals surface area contributed by atoms with Crippen molar-refractivity contribution in [3.63, 3.8) is 0 Å². The third-order valence-corrected chi connectivity index (χ3v) is 9.06. The molecule has 0 aromatic carbocycles. The van der Waals surface area contributed by atoms with Crippen LogP contribution < -0.4 is 5.32 Å². The topological polar surface area (TPSA) is 104 Å². The molecule has 5 rings (SSSR count). The van der Waals surface area contributed by atoms with E-state index in [1.54, 1.807) is 29.8 Å². The molecule has 1 aliphatic heterocycles. The van der Waals surface area contributed by atoms with Gasteiger partial charge in [0.25, 0.3) is 10.0 Å². The molecule has 12 heteroatoms. The SMILES string of the molecule is O=S(=O)(c1cccs1)N1CCCC(CNc2nc(-c3c[nH]c4ncc(Cl)cc34)ncc2F)C1. The van der Waals surface area contributed by atoms with Crippen molar-refractivity contribution in [2.45, 2.75) is 17.1 Å². The highest BCUT2D eigenvalue weighted by molar-refractivity contribution is 7.91. The van der Waals surface area contributed by atoms with E-state index >= 15 is 0 Å². The molecule has 1 fully saturated rings. The van der Waals surface area contributed by atoms with Crippen LogP contribution in [0.1, 0.15) is 12.8 Å². The molecular weight excluding hydrogens is 487 g/mol. The molecule has 4 aromatic heterocycles. The second kappa shape index (κ2) is 8.98. The zero-order valence-corrected chi connectivity index (χ0v) is 19.7. The van der Waals surface area contributed by atoms with Crippen LogP contribution in [0.2, 0.25) is 5.02 Å². The van der Waals surface area contributed by atoms with E-state index in [2.05, 4.69) is 25.3 Å². The Balaban J connectivity index is 1.32. The minimum absolute atomic E-state index is 0.0300. The second-order valence-corrected chi connectivity index (χ2v) is 11.4. The molecule has 0 bridgehead atoms. The molecule has 1 atom stereocenters. The van der Waals surface area contributed by atoms with Gasteiger partial charge in [0.05, 0.1) is 11.2 Å². The number of thiophene rings is 1. The van der Waals surface area contributed by atoms with Gasteiger partial charge in [0.15, 0.2) is 17.5 Å². The van der Waals surface area contributed by atoms with Crippen molar-refractivity contribution in [3.8, 4) is 11.4 Å². The fourth-order valence-corrected chi connectivity index (χ4v) is 6.83. The van der Waals surface area contributed by atoms with E-state index in [9.17, 15) is 12.8 Å². The summed E-state index contributed by atoms with van der Waals surface area (Å²) >= 11 is 7.28. The van der Waals surface area contributed by atoms with Crippen molar-refractivity contribution in [1.82, 2.24) is 24.2 Å². The Kier molecular flexibility index (Phi) is 6.04. The van der Waals surface area contributed by atoms with E-state index in [1.807, 2.05) is 0 Å². The van der Waals surface area contributed by atoms with E-state index in [4.69, 9.17) is 11.6 Å². The van der Waals surface area contributed by atoms with Gasteiger partial charge in [0.1, 0.15) is 9.86 Å². The van der Waals surface area contributed by atoms with Crippen molar-refractivity contribution < 1.29 is 12.8 Å². The standard InChI is InChI=1S/C21H20ClFN6O2S2/c22-14-7-15-16(10-26-19(15)25-9-14)20-27-11-17(23)21(28-20)24-8-13-3-1-5-29(12-13)33(30,31)18-4-2-6-32-18/h2,4,6-7,9-11,13H,1,3,5,8,12H2,(H,25,26)(H,24,27,28). The molecule has 0 saturated carbocycles. The lowest BCUT2D eigenvalue weighted by Crippen LogP contribution is -2.41. The van der Waals surface area contributed by atoms with Gasteiger partial charge in [-0.05, 0) is 36.3 Å². The highest BCUT2D eigenvalue weighted by Gasteiger charge is 2.31. The number of H-pyrrole nitrogens is 1. The van der Waals surface area contributed by atoms with Crippen molar-refractivity contribution >= 4 is 49.8 Å². The maximum absolute atomic E-state index is 14.5. The van der Waals surface area contributed by atoms with Gasteiger partial charge < -0.3 is 10.3 Å². The summed E-state index contributed by atoms with van der Waals surface area (Å²) in [5, 5.41) is 6.02. The van der Waals surface area contributed by atoms with Crippen LogP contribution in [0, 0.1) is 11.7 Å². The lowest BCUT2D eigenvalue weighted by atomic mass is 10.00. The summed E-state index contributed by atoms with van der Waals surface area (Å²) in [5.41, 5.74) is 1.29. The Morgan fingerprint density at radius 2 is 2.21 bits per heavy atom. The van der Waals surface area contributed by atoms with Crippen molar-refractivity contribution in [1.29, 1.82) is 0 Å². The van der Waals surface area contributed by atoms with Crippen molar-refractivity contribution in [2.75, 3.05) is 25.0 Å². The third kappa shape index (κ3) is 4.45. The number of halogens is 2. The average Bonchev–Trinajstić information content (AvgIpc) is 3.49. The predicted octanol–water partition coefficient (Wildman–Crippen LogP) is 4.39. The first-order valence-corrected chi connectivity index (χ1v) is 13.0. The van der Waals surface area contributed by atoms with Gasteiger partial charge in [0, 0.05) is 43.0 Å². The molecule has 33 heavy (non-hydrogen) atoms. The summed E-state index contributed by atoms with van der Waals surface area (Å²) in [7, 11) is -3.50. The molecule has 172 valence electrons. The number of aromatic amines is 1. The summed E-state index contributed by atoms with van der Waals surface area (Å²) < 4.78 is 42.0. The van der Waals surface area contributed by atoms with Gasteiger partial charge in [-0.15, -0.1) is 11.3 Å². The number of pyridine rings is 1. The Morgan fingerprint density at radius 1 is 1.33 bits per heavy atom. The lowest BCUT2D eigenvalue weighted by Gasteiger charge is -2.31. The number of aromatic nitrogens is 4. The largest absolute Gasteiger partial charge is 0.367 e. The molecular formula is C21H20ClFN6O2S2. The van der Waals surface area contributed by atoms with Crippen LogP contribution in [0.5, 0.6) is 0 Å². The summed E-state index contributed by atoms with van der Waals surface area (Å²) in [6, 6.07) is 5.10. The molecule has 2 N–H and O–H groups in total. The van der Waals surface area contributed by atoms with Gasteiger partial charge in [-0.2, -0.15) is 4.31 Å². The number of sulfonamides is 1. The van der Waals surface area contributed by atoms with Gasteiger partial charge in [-0.25, -0.2) is 27.8 Å². The van der Waals surface area contributed by atoms with E-state index in [0.717, 1.165) is 24.4 Å². The maximum atomic E-state index is 14.5. The molecule has 8 nitrogen and oxygen atoms in total. The number of nitrogens with zero attached hydrogens (tertiary/aromatic N) is 4. The first-order chi connectivity index (χ1) is 15.9. The van der Waals surface area contributed by atoms with Gasteiger partial charge >= 0.3 is 0 Å². The summed E-state index contributed by atoms with van der Waals surface area (Å²) in [6.45, 7) is 1.25. The predicted molar refractivity (Wildman–Crippen MR) is 126 cm³/mol.